The molecule has 1 aliphatic rings. The van der Waals surface area contributed by atoms with Crippen molar-refractivity contribution in [2.75, 3.05) is 0 Å². The molecular formula is C27H33NO2. The maximum absolute atomic E-state index is 12.8. The van der Waals surface area contributed by atoms with Gasteiger partial charge in [-0.25, -0.2) is 0 Å². The Morgan fingerprint density at radius 1 is 0.967 bits per heavy atom. The second kappa shape index (κ2) is 11.6. The lowest BCUT2D eigenvalue weighted by atomic mass is 9.89. The zero-order valence-electron chi connectivity index (χ0n) is 18.2. The highest BCUT2D eigenvalue weighted by Gasteiger charge is 2.24. The van der Waals surface area contributed by atoms with E-state index in [1.165, 1.54) is 30.4 Å². The molecule has 0 unspecified atom stereocenters. The molecule has 3 rings (SSSR count). The van der Waals surface area contributed by atoms with Crippen LogP contribution in [0.25, 0.3) is 0 Å². The van der Waals surface area contributed by atoms with Crippen LogP contribution in [-0.2, 0) is 24.1 Å². The number of rotatable bonds is 9. The topological polar surface area (TPSA) is 50.1 Å². The summed E-state index contributed by atoms with van der Waals surface area (Å²) in [4.78, 5) is 12.8. The zero-order chi connectivity index (χ0) is 21.2. The molecule has 158 valence electrons. The highest BCUT2D eigenvalue weighted by molar-refractivity contribution is 5.75. The predicted octanol–water partition coefficient (Wildman–Crippen LogP) is 6.56. The third-order valence-corrected chi connectivity index (χ3v) is 6.12. The predicted molar refractivity (Wildman–Crippen MR) is 120 cm³/mol. The van der Waals surface area contributed by atoms with Crippen LogP contribution in [0.2, 0.25) is 0 Å². The van der Waals surface area contributed by atoms with Gasteiger partial charge in [0.25, 0.3) is 0 Å². The average Bonchev–Trinajstić information content (AvgIpc) is 2.79. The smallest absolute Gasteiger partial charge is 0.314 e. The molecule has 3 heteroatoms. The fourth-order valence-corrected chi connectivity index (χ4v) is 4.19. The Kier molecular flexibility index (Phi) is 8.51. The highest BCUT2D eigenvalue weighted by atomic mass is 16.5. The van der Waals surface area contributed by atoms with Crippen LogP contribution in [0, 0.1) is 17.2 Å². The minimum atomic E-state index is -0.0555. The first-order valence-corrected chi connectivity index (χ1v) is 11.5. The number of esters is 1. The summed E-state index contributed by atoms with van der Waals surface area (Å²) in [5.41, 5.74) is 4.20. The second-order valence-corrected chi connectivity index (χ2v) is 8.46. The van der Waals surface area contributed by atoms with Crippen LogP contribution >= 0.6 is 0 Å². The summed E-state index contributed by atoms with van der Waals surface area (Å²) in [7, 11) is 0. The average molecular weight is 404 g/mol. The summed E-state index contributed by atoms with van der Waals surface area (Å²) in [5, 5.41) is 8.97. The van der Waals surface area contributed by atoms with Gasteiger partial charge >= 0.3 is 5.97 Å². The molecule has 0 aliphatic heterocycles. The monoisotopic (exact) mass is 403 g/mol. The molecule has 0 saturated heterocycles. The summed E-state index contributed by atoms with van der Waals surface area (Å²) in [6.45, 7) is 2.21. The van der Waals surface area contributed by atoms with Gasteiger partial charge in [-0.3, -0.25) is 4.79 Å². The van der Waals surface area contributed by atoms with Crippen LogP contribution in [0.5, 0.6) is 5.75 Å². The van der Waals surface area contributed by atoms with Crippen molar-refractivity contribution < 1.29 is 9.53 Å². The molecular weight excluding hydrogens is 370 g/mol. The van der Waals surface area contributed by atoms with Crippen molar-refractivity contribution in [2.45, 2.75) is 77.6 Å². The number of nitriles is 1. The minimum absolute atomic E-state index is 0.0499. The SMILES string of the molecule is CCCCCc1ccc(CCc2ccc(C#N)cc2)c(OC(=O)C2CCCCC2)c1. The molecule has 2 aromatic rings. The number of hydrogen-bond donors (Lipinski definition) is 0. The van der Waals surface area contributed by atoms with E-state index in [0.29, 0.717) is 5.56 Å². The van der Waals surface area contributed by atoms with Crippen LogP contribution in [0.1, 0.15) is 80.5 Å². The summed E-state index contributed by atoms with van der Waals surface area (Å²) >= 11 is 0. The first kappa shape index (κ1) is 22.1. The number of benzene rings is 2. The molecule has 2 aromatic carbocycles. The van der Waals surface area contributed by atoms with Crippen molar-refractivity contribution in [3.63, 3.8) is 0 Å². The van der Waals surface area contributed by atoms with Gasteiger partial charge in [0.15, 0.2) is 0 Å². The quantitative estimate of drug-likeness (QED) is 0.270. The maximum atomic E-state index is 12.8. The van der Waals surface area contributed by atoms with E-state index in [9.17, 15) is 4.79 Å². The second-order valence-electron chi connectivity index (χ2n) is 8.46. The van der Waals surface area contributed by atoms with E-state index in [1.54, 1.807) is 0 Å². The molecule has 1 saturated carbocycles. The van der Waals surface area contributed by atoms with Gasteiger partial charge in [-0.15, -0.1) is 0 Å². The van der Waals surface area contributed by atoms with E-state index in [-0.39, 0.29) is 11.9 Å². The lowest BCUT2D eigenvalue weighted by Gasteiger charge is -2.21. The number of hydrogen-bond acceptors (Lipinski definition) is 3. The van der Waals surface area contributed by atoms with E-state index in [4.69, 9.17) is 10.00 Å². The molecule has 0 N–H and O–H groups in total. The largest absolute Gasteiger partial charge is 0.426 e. The van der Waals surface area contributed by atoms with Crippen LogP contribution in [-0.4, -0.2) is 5.97 Å². The van der Waals surface area contributed by atoms with E-state index < -0.39 is 0 Å². The molecule has 0 heterocycles. The summed E-state index contributed by atoms with van der Waals surface area (Å²) in [6, 6.07) is 16.3. The van der Waals surface area contributed by atoms with Crippen molar-refractivity contribution in [2.24, 2.45) is 5.92 Å². The Balaban J connectivity index is 1.72. The molecule has 30 heavy (non-hydrogen) atoms. The molecule has 1 aliphatic carbocycles. The van der Waals surface area contributed by atoms with Crippen LogP contribution in [0.15, 0.2) is 42.5 Å². The Bertz CT molecular complexity index is 857. The number of aryl methyl sites for hydroxylation is 3. The molecule has 0 bridgehead atoms. The molecule has 0 aromatic heterocycles. The Labute approximate surface area is 181 Å². The number of carbonyl (C=O) groups excluding carboxylic acids is 1. The lowest BCUT2D eigenvalue weighted by molar-refractivity contribution is -0.140. The minimum Gasteiger partial charge on any atom is -0.426 e. The molecule has 0 radical (unpaired) electrons. The summed E-state index contributed by atoms with van der Waals surface area (Å²) in [5.74, 6) is 0.738. The number of nitrogens with zero attached hydrogens (tertiary/aromatic N) is 1. The van der Waals surface area contributed by atoms with Gasteiger partial charge in [0.1, 0.15) is 5.75 Å². The fraction of sp³-hybridized carbons (Fsp3) is 0.481. The number of ether oxygens (including phenoxy) is 1. The van der Waals surface area contributed by atoms with Gasteiger partial charge < -0.3 is 4.74 Å². The number of carbonyl (C=O) groups is 1. The van der Waals surface area contributed by atoms with Gasteiger partial charge in [-0.2, -0.15) is 5.26 Å². The van der Waals surface area contributed by atoms with E-state index in [1.807, 2.05) is 24.3 Å². The Morgan fingerprint density at radius 2 is 1.70 bits per heavy atom. The molecule has 0 spiro atoms. The molecule has 0 atom stereocenters. The van der Waals surface area contributed by atoms with Gasteiger partial charge in [0, 0.05) is 0 Å². The lowest BCUT2D eigenvalue weighted by Crippen LogP contribution is -2.23. The van der Waals surface area contributed by atoms with Gasteiger partial charge in [-0.05, 0) is 73.4 Å². The van der Waals surface area contributed by atoms with Gasteiger partial charge in [0.05, 0.1) is 17.6 Å². The van der Waals surface area contributed by atoms with Crippen LogP contribution in [0.3, 0.4) is 0 Å². The van der Waals surface area contributed by atoms with E-state index in [2.05, 4.69) is 31.2 Å². The van der Waals surface area contributed by atoms with Gasteiger partial charge in [0.2, 0.25) is 0 Å². The Hall–Kier alpha value is -2.60. The number of unbranched alkanes of at least 4 members (excludes halogenated alkanes) is 2. The molecule has 1 fully saturated rings. The van der Waals surface area contributed by atoms with Crippen molar-refractivity contribution >= 4 is 5.97 Å². The first-order chi connectivity index (χ1) is 14.7. The normalized spacial score (nSPS) is 14.3. The maximum Gasteiger partial charge on any atom is 0.314 e. The third kappa shape index (κ3) is 6.46. The van der Waals surface area contributed by atoms with Crippen molar-refractivity contribution in [1.82, 2.24) is 0 Å². The van der Waals surface area contributed by atoms with E-state index >= 15 is 0 Å². The first-order valence-electron chi connectivity index (χ1n) is 11.5. The Morgan fingerprint density at radius 3 is 2.40 bits per heavy atom. The summed E-state index contributed by atoms with van der Waals surface area (Å²) < 4.78 is 5.97. The standard InChI is InChI=1S/C27H33NO2/c1-2-3-5-8-22-16-18-24(17-15-21-11-13-23(20-28)14-12-21)26(19-22)30-27(29)25-9-6-4-7-10-25/h11-14,16,18-19,25H,2-10,15,17H2,1H3. The fourth-order valence-electron chi connectivity index (χ4n) is 4.19. The van der Waals surface area contributed by atoms with E-state index in [0.717, 1.165) is 62.7 Å². The van der Waals surface area contributed by atoms with Crippen molar-refractivity contribution in [1.29, 1.82) is 5.26 Å². The van der Waals surface area contributed by atoms with Crippen LogP contribution < -0.4 is 4.74 Å². The van der Waals surface area contributed by atoms with Crippen LogP contribution in [0.4, 0.5) is 0 Å². The van der Waals surface area contributed by atoms with Gasteiger partial charge in [-0.1, -0.05) is 63.3 Å². The summed E-state index contributed by atoms with van der Waals surface area (Å²) in [6.07, 6.45) is 11.7. The highest BCUT2D eigenvalue weighted by Crippen LogP contribution is 2.29. The molecule has 3 nitrogen and oxygen atoms in total. The zero-order valence-corrected chi connectivity index (χ0v) is 18.2. The molecule has 0 amide bonds. The van der Waals surface area contributed by atoms with Crippen molar-refractivity contribution in [3.05, 3.63) is 64.7 Å². The third-order valence-electron chi connectivity index (χ3n) is 6.12. The van der Waals surface area contributed by atoms with Crippen molar-refractivity contribution in [3.8, 4) is 11.8 Å².